The van der Waals surface area contributed by atoms with E-state index < -0.39 is 11.6 Å². The lowest BCUT2D eigenvalue weighted by Crippen LogP contribution is -2.37. The summed E-state index contributed by atoms with van der Waals surface area (Å²) in [5.41, 5.74) is 13.9. The van der Waals surface area contributed by atoms with Crippen molar-refractivity contribution in [2.45, 2.75) is 38.5 Å². The fourth-order valence-corrected chi connectivity index (χ4v) is 7.90. The number of nitrogens with one attached hydrogen (secondary N) is 1. The molecule has 5 aromatic rings. The molecule has 1 saturated carbocycles. The first kappa shape index (κ1) is 33.8. The quantitative estimate of drug-likeness (QED) is 0.130. The molecule has 2 aromatic carbocycles. The van der Waals surface area contributed by atoms with E-state index in [1.807, 2.05) is 25.1 Å². The zero-order valence-electron chi connectivity index (χ0n) is 27.2. The summed E-state index contributed by atoms with van der Waals surface area (Å²) in [5.74, 6) is -0.732. The van der Waals surface area contributed by atoms with Gasteiger partial charge in [0.1, 0.15) is 34.0 Å². The monoisotopic (exact) mass is 718 g/mol. The number of nitrogen functional groups attached to an aromatic ring is 2. The largest absolute Gasteiger partial charge is 0.463 e. The second-order valence-corrected chi connectivity index (χ2v) is 14.6. The van der Waals surface area contributed by atoms with Crippen LogP contribution >= 0.6 is 22.9 Å². The van der Waals surface area contributed by atoms with Crippen LogP contribution in [0.2, 0.25) is 5.02 Å². The van der Waals surface area contributed by atoms with Gasteiger partial charge in [0.25, 0.3) is 0 Å². The predicted molar refractivity (Wildman–Crippen MR) is 192 cm³/mol. The Labute approximate surface area is 295 Å². The standard InChI is InChI=1S/C36H34ClF3N8OS/c1-19(21-3-2-10-44-32(21)42)16-45-34-23-13-25(37)28(22-4-5-26(39)31-27(22)24(15-41)33(43)50-31)29(40)30(23)46-35(47-34)49-18-36(8-9-36)17-48-11-6-20(14-38)7-12-48/h2-5,10,13-14,19H,6-9,11-12,16-18,43H2,1H3,(H2,42,44)(H,45,46,47)/t19-/m0/s1. The van der Waals surface area contributed by atoms with Gasteiger partial charge in [-0.3, -0.25) is 0 Å². The third kappa shape index (κ3) is 6.39. The van der Waals surface area contributed by atoms with Crippen molar-refractivity contribution >= 4 is 60.6 Å². The molecule has 1 saturated heterocycles. The first-order valence-electron chi connectivity index (χ1n) is 16.3. The third-order valence-corrected chi connectivity index (χ3v) is 11.0. The van der Waals surface area contributed by atoms with Crippen LogP contribution in [0.3, 0.4) is 0 Å². The number of hydrogen-bond donors (Lipinski definition) is 3. The van der Waals surface area contributed by atoms with Crippen LogP contribution in [-0.4, -0.2) is 52.6 Å². The molecular formula is C36H34ClF3N8OS. The van der Waals surface area contributed by atoms with Gasteiger partial charge in [-0.15, -0.1) is 11.3 Å². The molecule has 258 valence electrons. The number of benzene rings is 2. The number of anilines is 3. The number of nitriles is 1. The lowest BCUT2D eigenvalue weighted by atomic mass is 9.97. The van der Waals surface area contributed by atoms with Crippen LogP contribution in [0.25, 0.3) is 32.1 Å². The fraction of sp³-hybridized carbons (Fsp3) is 0.333. The number of thiophene rings is 1. The van der Waals surface area contributed by atoms with Crippen LogP contribution < -0.4 is 21.5 Å². The summed E-state index contributed by atoms with van der Waals surface area (Å²) in [6, 6.07) is 9.86. The van der Waals surface area contributed by atoms with Gasteiger partial charge in [-0.05, 0) is 60.6 Å². The smallest absolute Gasteiger partial charge is 0.319 e. The number of aromatic nitrogens is 3. The number of piperidine rings is 1. The minimum absolute atomic E-state index is 0.0185. The van der Waals surface area contributed by atoms with Crippen molar-refractivity contribution in [1.82, 2.24) is 19.9 Å². The van der Waals surface area contributed by atoms with Crippen LogP contribution in [0.4, 0.5) is 29.8 Å². The van der Waals surface area contributed by atoms with E-state index in [1.165, 1.54) is 12.1 Å². The summed E-state index contributed by atoms with van der Waals surface area (Å²) in [7, 11) is 0. The van der Waals surface area contributed by atoms with Crippen LogP contribution in [0.5, 0.6) is 6.01 Å². The second-order valence-electron chi connectivity index (χ2n) is 13.1. The molecule has 0 spiro atoms. The van der Waals surface area contributed by atoms with Crippen molar-refractivity contribution in [2.24, 2.45) is 5.41 Å². The van der Waals surface area contributed by atoms with Crippen LogP contribution in [-0.2, 0) is 0 Å². The number of ether oxygens (including phenoxy) is 1. The highest BCUT2D eigenvalue weighted by Crippen LogP contribution is 2.48. The Balaban J connectivity index is 1.27. The van der Waals surface area contributed by atoms with Gasteiger partial charge in [-0.1, -0.05) is 30.7 Å². The third-order valence-electron chi connectivity index (χ3n) is 9.72. The first-order chi connectivity index (χ1) is 24.1. The minimum Gasteiger partial charge on any atom is -0.463 e. The number of nitrogens with two attached hydrogens (primary N) is 2. The van der Waals surface area contributed by atoms with Crippen molar-refractivity contribution in [1.29, 1.82) is 5.26 Å². The number of pyridine rings is 1. The van der Waals surface area contributed by atoms with Gasteiger partial charge < -0.3 is 26.4 Å². The van der Waals surface area contributed by atoms with E-state index in [9.17, 15) is 14.0 Å². The van der Waals surface area contributed by atoms with E-state index >= 15 is 4.39 Å². The van der Waals surface area contributed by atoms with Gasteiger partial charge in [0.2, 0.25) is 0 Å². The summed E-state index contributed by atoms with van der Waals surface area (Å²) in [6.45, 7) is 5.04. The van der Waals surface area contributed by atoms with Gasteiger partial charge >= 0.3 is 6.01 Å². The molecule has 9 nitrogen and oxygen atoms in total. The van der Waals surface area contributed by atoms with E-state index in [2.05, 4.69) is 25.2 Å². The van der Waals surface area contributed by atoms with Gasteiger partial charge in [0, 0.05) is 60.0 Å². The lowest BCUT2D eigenvalue weighted by molar-refractivity contribution is 0.148. The van der Waals surface area contributed by atoms with E-state index in [-0.39, 0.29) is 59.7 Å². The average molecular weight is 719 g/mol. The van der Waals surface area contributed by atoms with Crippen molar-refractivity contribution in [3.05, 3.63) is 76.2 Å². The average Bonchev–Trinajstić information content (AvgIpc) is 3.79. The predicted octanol–water partition coefficient (Wildman–Crippen LogP) is 8.20. The minimum atomic E-state index is -0.778. The molecule has 3 aromatic heterocycles. The summed E-state index contributed by atoms with van der Waals surface area (Å²) < 4.78 is 51.1. The Morgan fingerprint density at radius 2 is 1.98 bits per heavy atom. The zero-order valence-corrected chi connectivity index (χ0v) is 28.8. The summed E-state index contributed by atoms with van der Waals surface area (Å²) in [6.07, 6.45) is 5.67. The fourth-order valence-electron chi connectivity index (χ4n) is 6.66. The van der Waals surface area contributed by atoms with Crippen molar-refractivity contribution in [3.63, 3.8) is 0 Å². The molecule has 0 unspecified atom stereocenters. The first-order valence-corrected chi connectivity index (χ1v) is 17.5. The van der Waals surface area contributed by atoms with E-state index in [4.69, 9.17) is 27.8 Å². The number of likely N-dealkylation sites (tertiary alicyclic amines) is 1. The summed E-state index contributed by atoms with van der Waals surface area (Å²) >= 11 is 7.72. The van der Waals surface area contributed by atoms with Crippen LogP contribution in [0, 0.1) is 28.4 Å². The molecule has 1 atom stereocenters. The molecule has 2 fully saturated rings. The van der Waals surface area contributed by atoms with Crippen LogP contribution in [0.15, 0.2) is 48.4 Å². The molecule has 5 N–H and O–H groups in total. The number of halogens is 4. The number of nitrogens with zero attached hydrogens (tertiary/aromatic N) is 5. The molecular weight excluding hydrogens is 685 g/mol. The Morgan fingerprint density at radius 1 is 1.20 bits per heavy atom. The highest BCUT2D eigenvalue weighted by atomic mass is 35.5. The summed E-state index contributed by atoms with van der Waals surface area (Å²) in [5, 5.41) is 13.8. The Hall–Kier alpha value is -4.64. The van der Waals surface area contributed by atoms with Crippen molar-refractivity contribution in [2.75, 3.05) is 49.6 Å². The number of fused-ring (bicyclic) bond motifs is 2. The maximum absolute atomic E-state index is 16.9. The zero-order chi connectivity index (χ0) is 35.2. The van der Waals surface area contributed by atoms with Gasteiger partial charge in [-0.25, -0.2) is 18.2 Å². The van der Waals surface area contributed by atoms with Gasteiger partial charge in [0.15, 0.2) is 5.82 Å². The molecule has 50 heavy (non-hydrogen) atoms. The molecule has 2 aliphatic rings. The lowest BCUT2D eigenvalue weighted by Gasteiger charge is -2.31. The highest BCUT2D eigenvalue weighted by Gasteiger charge is 2.45. The normalized spacial score (nSPS) is 16.4. The van der Waals surface area contributed by atoms with Gasteiger partial charge in [0.05, 0.1) is 28.2 Å². The highest BCUT2D eigenvalue weighted by molar-refractivity contribution is 7.23. The molecule has 1 aliphatic heterocycles. The van der Waals surface area contributed by atoms with E-state index in [1.54, 1.807) is 12.3 Å². The Kier molecular flexibility index (Phi) is 9.19. The van der Waals surface area contributed by atoms with E-state index in [0.29, 0.717) is 43.0 Å². The summed E-state index contributed by atoms with van der Waals surface area (Å²) in [4.78, 5) is 15.7. The second kappa shape index (κ2) is 13.6. The molecule has 0 amide bonds. The Morgan fingerprint density at radius 3 is 2.68 bits per heavy atom. The molecule has 7 rings (SSSR count). The molecule has 0 bridgehead atoms. The Bertz CT molecular complexity index is 2190. The van der Waals surface area contributed by atoms with Crippen molar-refractivity contribution in [3.8, 4) is 23.2 Å². The molecule has 1 aliphatic carbocycles. The molecule has 4 heterocycles. The topological polar surface area (TPSA) is 139 Å². The molecule has 0 radical (unpaired) electrons. The van der Waals surface area contributed by atoms with Gasteiger partial charge in [-0.2, -0.15) is 15.2 Å². The SMILES string of the molecule is C[C@@H](CNc1nc(OCC2(CN3CCC(=CF)CC3)CC2)nc2c(F)c(-c3ccc(F)c4sc(N)c(C#N)c34)c(Cl)cc12)c1cccnc1N. The van der Waals surface area contributed by atoms with E-state index in [0.717, 1.165) is 61.3 Å². The molecule has 14 heteroatoms. The maximum Gasteiger partial charge on any atom is 0.319 e. The number of rotatable bonds is 10. The van der Waals surface area contributed by atoms with Crippen molar-refractivity contribution < 1.29 is 17.9 Å². The maximum atomic E-state index is 16.9. The van der Waals surface area contributed by atoms with Crippen LogP contribution in [0.1, 0.15) is 49.7 Å². The number of hydrogen-bond acceptors (Lipinski definition) is 10.